The van der Waals surface area contributed by atoms with Gasteiger partial charge in [0.05, 0.1) is 6.07 Å². The quantitative estimate of drug-likeness (QED) is 0.575. The minimum absolute atomic E-state index is 1.09. The lowest BCUT2D eigenvalue weighted by molar-refractivity contribution is 1.37. The number of hydrogen-bond acceptors (Lipinski definition) is 1. The minimum Gasteiger partial charge on any atom is -0.193 e. The van der Waals surface area contributed by atoms with Crippen LogP contribution < -0.4 is 0 Å². The maximum absolute atomic E-state index is 8.33. The molecule has 1 heteroatoms. The second-order valence-electron chi connectivity index (χ2n) is 2.88. The molecule has 0 radical (unpaired) electrons. The highest BCUT2D eigenvalue weighted by Crippen LogP contribution is 2.09. The van der Waals surface area contributed by atoms with Gasteiger partial charge in [0.15, 0.2) is 0 Å². The first-order chi connectivity index (χ1) is 5.72. The van der Waals surface area contributed by atoms with Crippen molar-refractivity contribution in [3.63, 3.8) is 0 Å². The number of allylic oxidation sites excluding steroid dienone is 1. The summed E-state index contributed by atoms with van der Waals surface area (Å²) in [5, 5.41) is 8.33. The number of rotatable bonds is 1. The van der Waals surface area contributed by atoms with Crippen molar-refractivity contribution in [1.82, 2.24) is 0 Å². The Morgan fingerprint density at radius 3 is 2.25 bits per heavy atom. The van der Waals surface area contributed by atoms with Crippen molar-refractivity contribution in [3.8, 4) is 6.07 Å². The third kappa shape index (κ3) is 2.25. The van der Waals surface area contributed by atoms with Gasteiger partial charge >= 0.3 is 0 Å². The Kier molecular flexibility index (Phi) is 2.66. The van der Waals surface area contributed by atoms with Crippen molar-refractivity contribution in [3.05, 3.63) is 41.0 Å². The summed E-state index contributed by atoms with van der Waals surface area (Å²) in [5.74, 6) is 0. The molecule has 0 aromatic heterocycles. The summed E-state index contributed by atoms with van der Waals surface area (Å²) in [5.41, 5.74) is 3.55. The molecule has 12 heavy (non-hydrogen) atoms. The third-order valence-corrected chi connectivity index (χ3v) is 1.59. The van der Waals surface area contributed by atoms with E-state index in [1.165, 1.54) is 17.2 Å². The number of benzene rings is 1. The molecule has 0 bridgehead atoms. The highest BCUT2D eigenvalue weighted by atomic mass is 14.2. The van der Waals surface area contributed by atoms with Crippen LogP contribution in [0.4, 0.5) is 0 Å². The van der Waals surface area contributed by atoms with Crippen molar-refractivity contribution < 1.29 is 0 Å². The molecule has 0 unspecified atom stereocenters. The molecule has 0 heterocycles. The normalized spacial score (nSPS) is 10.1. The Morgan fingerprint density at radius 1 is 1.17 bits per heavy atom. The highest BCUT2D eigenvalue weighted by Gasteiger charge is 1.90. The summed E-state index contributed by atoms with van der Waals surface area (Å²) in [6.45, 7) is 4.10. The van der Waals surface area contributed by atoms with Crippen molar-refractivity contribution in [2.45, 2.75) is 13.8 Å². The van der Waals surface area contributed by atoms with Crippen LogP contribution in [0.2, 0.25) is 0 Å². The number of hydrogen-bond donors (Lipinski definition) is 0. The van der Waals surface area contributed by atoms with Gasteiger partial charge in [-0.3, -0.25) is 0 Å². The van der Waals surface area contributed by atoms with Gasteiger partial charge in [0, 0.05) is 6.08 Å². The van der Waals surface area contributed by atoms with Crippen LogP contribution in [0, 0.1) is 25.2 Å². The monoisotopic (exact) mass is 157 g/mol. The van der Waals surface area contributed by atoms with Gasteiger partial charge in [-0.25, -0.2) is 0 Å². The van der Waals surface area contributed by atoms with E-state index in [4.69, 9.17) is 5.26 Å². The van der Waals surface area contributed by atoms with Crippen LogP contribution in [-0.4, -0.2) is 0 Å². The standard InChI is InChI=1S/C11H11N/c1-9-6-10(2)8-11(7-9)4-3-5-12/h3-4,6-8H,1-2H3. The molecule has 1 rings (SSSR count). The molecule has 0 saturated carbocycles. The van der Waals surface area contributed by atoms with Gasteiger partial charge in [0.25, 0.3) is 0 Å². The SMILES string of the molecule is Cc1cc(C)cc(C=CC#N)c1. The van der Waals surface area contributed by atoms with E-state index in [2.05, 4.69) is 32.0 Å². The van der Waals surface area contributed by atoms with E-state index in [1.54, 1.807) is 0 Å². The molecule has 0 saturated heterocycles. The minimum atomic E-state index is 1.09. The Morgan fingerprint density at radius 2 is 1.75 bits per heavy atom. The fourth-order valence-corrected chi connectivity index (χ4v) is 1.24. The van der Waals surface area contributed by atoms with Gasteiger partial charge < -0.3 is 0 Å². The van der Waals surface area contributed by atoms with Crippen LogP contribution >= 0.6 is 0 Å². The van der Waals surface area contributed by atoms with E-state index in [9.17, 15) is 0 Å². The van der Waals surface area contributed by atoms with Gasteiger partial charge in [-0.2, -0.15) is 5.26 Å². The molecule has 0 fully saturated rings. The van der Waals surface area contributed by atoms with Crippen LogP contribution in [0.5, 0.6) is 0 Å². The molecular weight excluding hydrogens is 146 g/mol. The fraction of sp³-hybridized carbons (Fsp3) is 0.182. The molecule has 0 aliphatic rings. The second kappa shape index (κ2) is 3.73. The van der Waals surface area contributed by atoms with E-state index in [0.29, 0.717) is 0 Å². The van der Waals surface area contributed by atoms with Gasteiger partial charge in [0.2, 0.25) is 0 Å². The second-order valence-corrected chi connectivity index (χ2v) is 2.88. The van der Waals surface area contributed by atoms with E-state index in [0.717, 1.165) is 5.56 Å². The molecule has 1 nitrogen and oxygen atoms in total. The lowest BCUT2D eigenvalue weighted by Crippen LogP contribution is -1.79. The lowest BCUT2D eigenvalue weighted by Gasteiger charge is -1.98. The summed E-state index contributed by atoms with van der Waals surface area (Å²) in [6.07, 6.45) is 3.31. The smallest absolute Gasteiger partial charge is 0.0912 e. The van der Waals surface area contributed by atoms with E-state index in [-0.39, 0.29) is 0 Å². The topological polar surface area (TPSA) is 23.8 Å². The maximum atomic E-state index is 8.33. The van der Waals surface area contributed by atoms with Crippen molar-refractivity contribution in [2.24, 2.45) is 0 Å². The van der Waals surface area contributed by atoms with Gasteiger partial charge in [-0.1, -0.05) is 29.3 Å². The van der Waals surface area contributed by atoms with Gasteiger partial charge in [0.1, 0.15) is 0 Å². The van der Waals surface area contributed by atoms with E-state index >= 15 is 0 Å². The summed E-state index contributed by atoms with van der Waals surface area (Å²) in [6, 6.07) is 8.20. The Balaban J connectivity index is 3.03. The number of nitriles is 1. The average Bonchev–Trinajstić information content (AvgIpc) is 1.99. The molecule has 0 atom stereocenters. The average molecular weight is 157 g/mol. The van der Waals surface area contributed by atoms with Crippen LogP contribution in [-0.2, 0) is 0 Å². The molecule has 0 aliphatic carbocycles. The fourth-order valence-electron chi connectivity index (χ4n) is 1.24. The van der Waals surface area contributed by atoms with Crippen molar-refractivity contribution in [2.75, 3.05) is 0 Å². The first-order valence-corrected chi connectivity index (χ1v) is 3.87. The molecule has 0 spiro atoms. The molecule has 1 aromatic carbocycles. The first kappa shape index (κ1) is 8.55. The predicted molar refractivity (Wildman–Crippen MR) is 50.6 cm³/mol. The van der Waals surface area contributed by atoms with Crippen LogP contribution in [0.3, 0.4) is 0 Å². The van der Waals surface area contributed by atoms with Gasteiger partial charge in [-0.15, -0.1) is 0 Å². The molecule has 0 N–H and O–H groups in total. The van der Waals surface area contributed by atoms with Gasteiger partial charge in [-0.05, 0) is 25.5 Å². The molecule has 60 valence electrons. The predicted octanol–water partition coefficient (Wildman–Crippen LogP) is 2.84. The Labute approximate surface area is 73.0 Å². The Bertz CT molecular complexity index is 322. The highest BCUT2D eigenvalue weighted by molar-refractivity contribution is 5.53. The third-order valence-electron chi connectivity index (χ3n) is 1.59. The van der Waals surface area contributed by atoms with Crippen LogP contribution in [0.25, 0.3) is 6.08 Å². The zero-order valence-electron chi connectivity index (χ0n) is 7.33. The largest absolute Gasteiger partial charge is 0.193 e. The van der Waals surface area contributed by atoms with Crippen LogP contribution in [0.15, 0.2) is 24.3 Å². The first-order valence-electron chi connectivity index (χ1n) is 3.87. The molecular formula is C11H11N. The summed E-state index contributed by atoms with van der Waals surface area (Å²) in [4.78, 5) is 0. The zero-order valence-corrected chi connectivity index (χ0v) is 7.33. The summed E-state index contributed by atoms with van der Waals surface area (Å²) < 4.78 is 0. The van der Waals surface area contributed by atoms with E-state index < -0.39 is 0 Å². The zero-order chi connectivity index (χ0) is 8.97. The number of aryl methyl sites for hydroxylation is 2. The molecule has 0 aliphatic heterocycles. The van der Waals surface area contributed by atoms with Crippen molar-refractivity contribution in [1.29, 1.82) is 5.26 Å². The molecule has 1 aromatic rings. The Hall–Kier alpha value is -1.55. The number of nitrogens with zero attached hydrogens (tertiary/aromatic N) is 1. The molecule has 0 amide bonds. The summed E-state index contributed by atoms with van der Waals surface area (Å²) in [7, 11) is 0. The summed E-state index contributed by atoms with van der Waals surface area (Å²) >= 11 is 0. The van der Waals surface area contributed by atoms with Crippen LogP contribution in [0.1, 0.15) is 16.7 Å². The lowest BCUT2D eigenvalue weighted by atomic mass is 10.1. The van der Waals surface area contributed by atoms with E-state index in [1.807, 2.05) is 12.1 Å². The maximum Gasteiger partial charge on any atom is 0.0912 e. The van der Waals surface area contributed by atoms with Crippen molar-refractivity contribution >= 4 is 6.08 Å².